The standard InChI is InChI=1S/C31H34ClF4N5O3/c1-3-19-6-9-24(39-11-10-37-26(15-39)31(34,35)36)22-13-23(28(43)38-14-20-4-7-21(32)8-5-20)29(44)41(25(22)12-19)16-27(42)40-17-30(2,33)18-40/h4-9,13,26,37H,3,10-12,14-18H2,1-2H3,(H,38,43). The van der Waals surface area contributed by atoms with E-state index < -0.39 is 41.8 Å². The number of pyridine rings is 1. The molecular formula is C31H34ClF4N5O3. The van der Waals surface area contributed by atoms with Crippen LogP contribution in [-0.2, 0) is 24.3 Å². The number of halogens is 5. The van der Waals surface area contributed by atoms with Crippen LogP contribution in [0, 0.1) is 0 Å². The third-order valence-corrected chi connectivity index (χ3v) is 8.46. The molecule has 0 saturated carbocycles. The first-order chi connectivity index (χ1) is 20.8. The summed E-state index contributed by atoms with van der Waals surface area (Å²) < 4.78 is 56.6. The average Bonchev–Trinajstić information content (AvgIpc) is 3.15. The predicted molar refractivity (Wildman–Crippen MR) is 159 cm³/mol. The van der Waals surface area contributed by atoms with Crippen molar-refractivity contribution >= 4 is 29.1 Å². The highest BCUT2D eigenvalue weighted by Crippen LogP contribution is 2.33. The molecular weight excluding hydrogens is 602 g/mol. The van der Waals surface area contributed by atoms with Gasteiger partial charge in [0.25, 0.3) is 11.5 Å². The Morgan fingerprint density at radius 3 is 2.50 bits per heavy atom. The van der Waals surface area contributed by atoms with Gasteiger partial charge in [0, 0.05) is 54.6 Å². The summed E-state index contributed by atoms with van der Waals surface area (Å²) in [5, 5.41) is 5.77. The Kier molecular flexibility index (Phi) is 8.95. The van der Waals surface area contributed by atoms with E-state index in [1.54, 1.807) is 35.2 Å². The van der Waals surface area contributed by atoms with Crippen molar-refractivity contribution in [3.05, 3.63) is 85.8 Å². The van der Waals surface area contributed by atoms with E-state index in [0.717, 1.165) is 11.1 Å². The van der Waals surface area contributed by atoms with Crippen molar-refractivity contribution < 1.29 is 27.2 Å². The summed E-state index contributed by atoms with van der Waals surface area (Å²) >= 11 is 5.95. The number of carbonyl (C=O) groups excluding carboxylic acids is 2. The van der Waals surface area contributed by atoms with E-state index in [4.69, 9.17) is 11.6 Å². The molecule has 3 aliphatic rings. The summed E-state index contributed by atoms with van der Waals surface area (Å²) in [4.78, 5) is 43.6. The minimum Gasteiger partial charge on any atom is -0.368 e. The molecule has 1 unspecified atom stereocenters. The van der Waals surface area contributed by atoms with Crippen molar-refractivity contribution in [1.29, 1.82) is 0 Å². The first kappa shape index (κ1) is 31.8. The zero-order chi connectivity index (χ0) is 31.8. The summed E-state index contributed by atoms with van der Waals surface area (Å²) in [5.74, 6) is -1.19. The second-order valence-corrected chi connectivity index (χ2v) is 12.1. The van der Waals surface area contributed by atoms with Gasteiger partial charge in [-0.15, -0.1) is 0 Å². The molecule has 2 N–H and O–H groups in total. The molecule has 13 heteroatoms. The molecule has 3 heterocycles. The first-order valence-corrected chi connectivity index (χ1v) is 14.8. The number of fused-ring (bicyclic) bond motifs is 1. The highest BCUT2D eigenvalue weighted by Gasteiger charge is 2.43. The Labute approximate surface area is 257 Å². The average molecular weight is 636 g/mol. The number of allylic oxidation sites excluding steroid dienone is 3. The quantitative estimate of drug-likeness (QED) is 0.448. The van der Waals surface area contributed by atoms with Gasteiger partial charge < -0.3 is 25.0 Å². The third kappa shape index (κ3) is 6.86. The van der Waals surface area contributed by atoms with Gasteiger partial charge in [-0.1, -0.05) is 42.3 Å². The van der Waals surface area contributed by atoms with Crippen LogP contribution in [0.4, 0.5) is 17.6 Å². The minimum atomic E-state index is -4.47. The first-order valence-electron chi connectivity index (χ1n) is 14.5. The van der Waals surface area contributed by atoms with Gasteiger partial charge in [0.2, 0.25) is 5.91 Å². The van der Waals surface area contributed by atoms with Crippen LogP contribution in [0.3, 0.4) is 0 Å². The van der Waals surface area contributed by atoms with Gasteiger partial charge in [-0.25, -0.2) is 4.39 Å². The fraction of sp³-hybridized carbons (Fsp3) is 0.452. The summed E-state index contributed by atoms with van der Waals surface area (Å²) in [6.07, 6.45) is -0.0953. The number of aromatic nitrogens is 1. The van der Waals surface area contributed by atoms with E-state index in [1.165, 1.54) is 22.5 Å². The zero-order valence-corrected chi connectivity index (χ0v) is 25.2. The molecule has 236 valence electrons. The molecule has 1 aromatic carbocycles. The lowest BCUT2D eigenvalue weighted by Crippen LogP contribution is -2.60. The molecule has 2 fully saturated rings. The number of alkyl halides is 4. The van der Waals surface area contributed by atoms with Crippen LogP contribution in [0.5, 0.6) is 0 Å². The fourth-order valence-corrected chi connectivity index (χ4v) is 5.88. The third-order valence-electron chi connectivity index (χ3n) is 8.21. The maximum absolute atomic E-state index is 14.2. The van der Waals surface area contributed by atoms with Crippen LogP contribution in [0.15, 0.2) is 52.9 Å². The molecule has 0 bridgehead atoms. The number of rotatable bonds is 7. The Hall–Kier alpha value is -3.64. The normalized spacial score (nSPS) is 19.8. The molecule has 1 aliphatic carbocycles. The minimum absolute atomic E-state index is 0.0741. The highest BCUT2D eigenvalue weighted by atomic mass is 35.5. The molecule has 0 spiro atoms. The second kappa shape index (κ2) is 12.4. The SMILES string of the molecule is CCC1=CC=C(N2CCNC(C(F)(F)F)C2)c2cc(C(=O)NCc3ccc(Cl)cc3)c(=O)n(CC(=O)N3CC(C)(F)C3)c2C1. The topological polar surface area (TPSA) is 86.7 Å². The van der Waals surface area contributed by atoms with Crippen LogP contribution >= 0.6 is 11.6 Å². The van der Waals surface area contributed by atoms with E-state index >= 15 is 0 Å². The Morgan fingerprint density at radius 1 is 1.16 bits per heavy atom. The number of piperazine rings is 1. The molecule has 2 saturated heterocycles. The maximum Gasteiger partial charge on any atom is 0.405 e. The Balaban J connectivity index is 1.57. The number of amides is 2. The molecule has 2 aliphatic heterocycles. The maximum atomic E-state index is 14.2. The monoisotopic (exact) mass is 635 g/mol. The molecule has 1 atom stereocenters. The number of hydrogen-bond acceptors (Lipinski definition) is 5. The fourth-order valence-electron chi connectivity index (χ4n) is 5.75. The van der Waals surface area contributed by atoms with Crippen molar-refractivity contribution in [3.63, 3.8) is 0 Å². The van der Waals surface area contributed by atoms with Gasteiger partial charge in [0.05, 0.1) is 13.1 Å². The van der Waals surface area contributed by atoms with Crippen LogP contribution in [0.25, 0.3) is 5.70 Å². The van der Waals surface area contributed by atoms with Crippen molar-refractivity contribution in [3.8, 4) is 0 Å². The summed E-state index contributed by atoms with van der Waals surface area (Å²) in [5.41, 5.74) is 0.382. The number of benzene rings is 1. The van der Waals surface area contributed by atoms with Crippen LogP contribution < -0.4 is 16.2 Å². The van der Waals surface area contributed by atoms with Crippen LogP contribution in [-0.4, -0.2) is 76.8 Å². The van der Waals surface area contributed by atoms with E-state index in [0.29, 0.717) is 28.4 Å². The van der Waals surface area contributed by atoms with Gasteiger partial charge in [0.1, 0.15) is 23.8 Å². The summed E-state index contributed by atoms with van der Waals surface area (Å²) in [6.45, 7) is 2.68. The summed E-state index contributed by atoms with van der Waals surface area (Å²) in [7, 11) is 0. The molecule has 0 radical (unpaired) electrons. The van der Waals surface area contributed by atoms with Gasteiger partial charge in [0.15, 0.2) is 0 Å². The highest BCUT2D eigenvalue weighted by molar-refractivity contribution is 6.30. The predicted octanol–water partition coefficient (Wildman–Crippen LogP) is 4.07. The molecule has 2 amide bonds. The lowest BCUT2D eigenvalue weighted by atomic mass is 9.98. The van der Waals surface area contributed by atoms with Gasteiger partial charge >= 0.3 is 6.18 Å². The zero-order valence-electron chi connectivity index (χ0n) is 24.4. The van der Waals surface area contributed by atoms with Crippen LogP contribution in [0.1, 0.15) is 47.4 Å². The van der Waals surface area contributed by atoms with E-state index in [2.05, 4.69) is 10.6 Å². The van der Waals surface area contributed by atoms with Gasteiger partial charge in [-0.3, -0.25) is 14.4 Å². The molecule has 44 heavy (non-hydrogen) atoms. The Morgan fingerprint density at radius 2 is 1.86 bits per heavy atom. The lowest BCUT2D eigenvalue weighted by Gasteiger charge is -2.42. The number of hydrogen-bond donors (Lipinski definition) is 2. The number of likely N-dealkylation sites (tertiary alicyclic amines) is 1. The van der Waals surface area contributed by atoms with E-state index in [-0.39, 0.29) is 51.3 Å². The smallest absolute Gasteiger partial charge is 0.368 e. The lowest BCUT2D eigenvalue weighted by molar-refractivity contribution is -0.162. The van der Waals surface area contributed by atoms with Gasteiger partial charge in [-0.2, -0.15) is 13.2 Å². The Bertz CT molecular complexity index is 1560. The molecule has 1 aromatic heterocycles. The van der Waals surface area contributed by atoms with Crippen LogP contribution in [0.2, 0.25) is 5.02 Å². The van der Waals surface area contributed by atoms with E-state index in [9.17, 15) is 31.9 Å². The van der Waals surface area contributed by atoms with Crippen molar-refractivity contribution in [2.45, 2.75) is 57.7 Å². The van der Waals surface area contributed by atoms with E-state index in [1.807, 2.05) is 13.0 Å². The molecule has 8 nitrogen and oxygen atoms in total. The van der Waals surface area contributed by atoms with Crippen molar-refractivity contribution in [2.24, 2.45) is 0 Å². The summed E-state index contributed by atoms with van der Waals surface area (Å²) in [6, 6.07) is 6.43. The second-order valence-electron chi connectivity index (χ2n) is 11.7. The number of carbonyl (C=O) groups is 2. The van der Waals surface area contributed by atoms with Gasteiger partial charge in [-0.05, 0) is 43.2 Å². The number of nitrogens with one attached hydrogen (secondary N) is 2. The van der Waals surface area contributed by atoms with Crippen molar-refractivity contribution in [2.75, 3.05) is 32.7 Å². The number of nitrogens with zero attached hydrogens (tertiary/aromatic N) is 3. The molecule has 5 rings (SSSR count). The molecule has 2 aromatic rings. The van der Waals surface area contributed by atoms with Crippen molar-refractivity contribution in [1.82, 2.24) is 25.0 Å². The largest absolute Gasteiger partial charge is 0.405 e.